The van der Waals surface area contributed by atoms with Gasteiger partial charge in [0.15, 0.2) is 0 Å². The van der Waals surface area contributed by atoms with Crippen molar-refractivity contribution in [3.05, 3.63) is 12.2 Å². The summed E-state index contributed by atoms with van der Waals surface area (Å²) in [6.45, 7) is 7.18. The van der Waals surface area contributed by atoms with Crippen molar-refractivity contribution in [3.8, 4) is 0 Å². The molecule has 19 heavy (non-hydrogen) atoms. The number of aliphatic hydroxyl groups is 1. The fourth-order valence-electron chi connectivity index (χ4n) is 1.80. The number of nitrogens with one attached hydrogen (secondary N) is 2. The fourth-order valence-corrected chi connectivity index (χ4v) is 1.80. The Balaban J connectivity index is 2.42. The summed E-state index contributed by atoms with van der Waals surface area (Å²) in [6.07, 6.45) is 4.50. The first-order valence-electron chi connectivity index (χ1n) is 6.64. The Morgan fingerprint density at radius 1 is 1.37 bits per heavy atom. The number of aliphatic hydroxyl groups excluding tert-OH is 1. The smallest absolute Gasteiger partial charge is 0.242 e. The number of carbonyl (C=O) groups is 2. The van der Waals surface area contributed by atoms with Crippen LogP contribution in [0.15, 0.2) is 12.2 Å². The van der Waals surface area contributed by atoms with E-state index in [-0.39, 0.29) is 30.4 Å². The van der Waals surface area contributed by atoms with Gasteiger partial charge in [-0.25, -0.2) is 0 Å². The normalized spacial score (nSPS) is 24.1. The highest BCUT2D eigenvalue weighted by atomic mass is 16.3. The zero-order valence-electron chi connectivity index (χ0n) is 12.1. The second-order valence-corrected chi connectivity index (χ2v) is 6.12. The van der Waals surface area contributed by atoms with Crippen LogP contribution in [0.2, 0.25) is 0 Å². The molecule has 3 atom stereocenters. The average Bonchev–Trinajstić information content (AvgIpc) is 2.75. The van der Waals surface area contributed by atoms with Gasteiger partial charge in [-0.2, -0.15) is 0 Å². The molecule has 0 saturated carbocycles. The second kappa shape index (κ2) is 6.19. The summed E-state index contributed by atoms with van der Waals surface area (Å²) in [5, 5.41) is 14.6. The molecule has 0 fully saturated rings. The van der Waals surface area contributed by atoms with Gasteiger partial charge in [0.05, 0.1) is 0 Å². The van der Waals surface area contributed by atoms with Crippen LogP contribution in [-0.4, -0.2) is 35.6 Å². The van der Waals surface area contributed by atoms with Gasteiger partial charge in [-0.15, -0.1) is 0 Å². The molecule has 1 rings (SSSR count). The maximum Gasteiger partial charge on any atom is 0.242 e. The lowest BCUT2D eigenvalue weighted by molar-refractivity contribution is -0.133. The second-order valence-electron chi connectivity index (χ2n) is 6.12. The number of amides is 2. The van der Waals surface area contributed by atoms with E-state index in [1.807, 2.05) is 12.2 Å². The molecule has 0 aromatic rings. The molecule has 0 saturated heterocycles. The van der Waals surface area contributed by atoms with E-state index in [0.717, 1.165) is 0 Å². The molecule has 0 bridgehead atoms. The molecule has 0 heterocycles. The van der Waals surface area contributed by atoms with E-state index < -0.39 is 11.5 Å². The summed E-state index contributed by atoms with van der Waals surface area (Å²) in [4.78, 5) is 23.7. The predicted molar refractivity (Wildman–Crippen MR) is 73.3 cm³/mol. The SMILES string of the molecule is CC(NC(=O)C(C)(C)C)C(=O)N[C@@H]1C=C[C@H](CO)C1. The molecule has 0 aliphatic heterocycles. The van der Waals surface area contributed by atoms with Gasteiger partial charge in [0.25, 0.3) is 0 Å². The average molecular weight is 268 g/mol. The molecule has 5 heteroatoms. The number of hydrogen-bond acceptors (Lipinski definition) is 3. The maximum absolute atomic E-state index is 11.9. The predicted octanol–water partition coefficient (Wildman–Crippen LogP) is 0.590. The molecule has 0 aromatic heterocycles. The van der Waals surface area contributed by atoms with Gasteiger partial charge in [-0.3, -0.25) is 9.59 Å². The molecule has 3 N–H and O–H groups in total. The molecule has 0 spiro atoms. The van der Waals surface area contributed by atoms with Crippen molar-refractivity contribution >= 4 is 11.8 Å². The minimum absolute atomic E-state index is 0.0568. The van der Waals surface area contributed by atoms with Crippen LogP contribution in [0, 0.1) is 11.3 Å². The van der Waals surface area contributed by atoms with E-state index in [2.05, 4.69) is 10.6 Å². The fraction of sp³-hybridized carbons (Fsp3) is 0.714. The largest absolute Gasteiger partial charge is 0.396 e. The van der Waals surface area contributed by atoms with Crippen LogP contribution in [0.3, 0.4) is 0 Å². The Bertz CT molecular complexity index is 371. The van der Waals surface area contributed by atoms with Crippen molar-refractivity contribution in [1.29, 1.82) is 0 Å². The van der Waals surface area contributed by atoms with Gasteiger partial charge >= 0.3 is 0 Å². The van der Waals surface area contributed by atoms with Crippen LogP contribution in [0.1, 0.15) is 34.1 Å². The molecular weight excluding hydrogens is 244 g/mol. The van der Waals surface area contributed by atoms with Crippen LogP contribution in [0.25, 0.3) is 0 Å². The summed E-state index contributed by atoms with van der Waals surface area (Å²) in [5.41, 5.74) is -0.510. The van der Waals surface area contributed by atoms with Crippen LogP contribution < -0.4 is 10.6 Å². The van der Waals surface area contributed by atoms with Crippen molar-refractivity contribution < 1.29 is 14.7 Å². The highest BCUT2D eigenvalue weighted by Crippen LogP contribution is 2.17. The summed E-state index contributed by atoms with van der Waals surface area (Å²) < 4.78 is 0. The molecule has 5 nitrogen and oxygen atoms in total. The van der Waals surface area contributed by atoms with Crippen LogP contribution in [0.5, 0.6) is 0 Å². The first kappa shape index (κ1) is 15.7. The standard InChI is InChI=1S/C14H24N2O3/c1-9(15-13(19)14(2,3)4)12(18)16-11-6-5-10(7-11)8-17/h5-6,9-11,17H,7-8H2,1-4H3,(H,15,19)(H,16,18)/t9?,10-,11+/m0/s1. The van der Waals surface area contributed by atoms with E-state index in [0.29, 0.717) is 6.42 Å². The Kier molecular flexibility index (Phi) is 5.11. The molecule has 2 amide bonds. The Morgan fingerprint density at radius 3 is 2.47 bits per heavy atom. The summed E-state index contributed by atoms with van der Waals surface area (Å²) in [6, 6.07) is -0.619. The Morgan fingerprint density at radius 2 is 2.00 bits per heavy atom. The van der Waals surface area contributed by atoms with Crippen LogP contribution in [0.4, 0.5) is 0 Å². The molecule has 0 aromatic carbocycles. The van der Waals surface area contributed by atoms with Crippen LogP contribution >= 0.6 is 0 Å². The quantitative estimate of drug-likeness (QED) is 0.653. The first-order valence-corrected chi connectivity index (χ1v) is 6.64. The zero-order chi connectivity index (χ0) is 14.6. The van der Waals surface area contributed by atoms with E-state index in [1.165, 1.54) is 0 Å². The summed E-state index contributed by atoms with van der Waals surface area (Å²) >= 11 is 0. The lowest BCUT2D eigenvalue weighted by atomic mass is 9.95. The summed E-state index contributed by atoms with van der Waals surface area (Å²) in [7, 11) is 0. The van der Waals surface area contributed by atoms with Gasteiger partial charge < -0.3 is 15.7 Å². The van der Waals surface area contributed by atoms with E-state index >= 15 is 0 Å². The van der Waals surface area contributed by atoms with Crippen molar-refractivity contribution in [3.63, 3.8) is 0 Å². The lowest BCUT2D eigenvalue weighted by Gasteiger charge is -2.22. The van der Waals surface area contributed by atoms with E-state index in [4.69, 9.17) is 5.11 Å². The lowest BCUT2D eigenvalue weighted by Crippen LogP contribution is -2.50. The molecule has 1 aliphatic carbocycles. The molecule has 1 unspecified atom stereocenters. The first-order chi connectivity index (χ1) is 8.74. The zero-order valence-corrected chi connectivity index (χ0v) is 12.1. The van der Waals surface area contributed by atoms with E-state index in [9.17, 15) is 9.59 Å². The highest BCUT2D eigenvalue weighted by Gasteiger charge is 2.26. The third-order valence-corrected chi connectivity index (χ3v) is 3.16. The monoisotopic (exact) mass is 268 g/mol. The molecule has 0 radical (unpaired) electrons. The molecular formula is C14H24N2O3. The number of rotatable bonds is 4. The Hall–Kier alpha value is -1.36. The Labute approximate surface area is 114 Å². The summed E-state index contributed by atoms with van der Waals surface area (Å²) in [5.74, 6) is -0.235. The van der Waals surface area contributed by atoms with Crippen molar-refractivity contribution in [2.45, 2.75) is 46.2 Å². The van der Waals surface area contributed by atoms with E-state index in [1.54, 1.807) is 27.7 Å². The third kappa shape index (κ3) is 4.67. The van der Waals surface area contributed by atoms with Gasteiger partial charge in [0, 0.05) is 24.0 Å². The molecule has 108 valence electrons. The number of hydrogen-bond donors (Lipinski definition) is 3. The third-order valence-electron chi connectivity index (χ3n) is 3.16. The van der Waals surface area contributed by atoms with Gasteiger partial charge in [-0.05, 0) is 13.3 Å². The minimum Gasteiger partial charge on any atom is -0.396 e. The van der Waals surface area contributed by atoms with Crippen LogP contribution in [-0.2, 0) is 9.59 Å². The minimum atomic E-state index is -0.562. The van der Waals surface area contributed by atoms with Gasteiger partial charge in [0.1, 0.15) is 6.04 Å². The topological polar surface area (TPSA) is 78.4 Å². The maximum atomic E-state index is 11.9. The highest BCUT2D eigenvalue weighted by molar-refractivity contribution is 5.89. The van der Waals surface area contributed by atoms with Gasteiger partial charge in [-0.1, -0.05) is 32.9 Å². The van der Waals surface area contributed by atoms with Crippen molar-refractivity contribution in [2.75, 3.05) is 6.61 Å². The van der Waals surface area contributed by atoms with Gasteiger partial charge in [0.2, 0.25) is 11.8 Å². The molecule has 1 aliphatic rings. The van der Waals surface area contributed by atoms with Crippen molar-refractivity contribution in [1.82, 2.24) is 10.6 Å². The van der Waals surface area contributed by atoms with Crippen molar-refractivity contribution in [2.24, 2.45) is 11.3 Å². The number of carbonyl (C=O) groups excluding carboxylic acids is 2.